The second-order valence-electron chi connectivity index (χ2n) is 12.5. The minimum Gasteiger partial charge on any atom is -0.496 e. The van der Waals surface area contributed by atoms with E-state index in [0.29, 0.717) is 42.1 Å². The Labute approximate surface area is 304 Å². The van der Waals surface area contributed by atoms with Gasteiger partial charge in [0.25, 0.3) is 5.91 Å². The highest BCUT2D eigenvalue weighted by Crippen LogP contribution is 2.43. The lowest BCUT2D eigenvalue weighted by Crippen LogP contribution is -2.49. The largest absolute Gasteiger partial charge is 0.496 e. The number of sulfone groups is 1. The molecule has 52 heavy (non-hydrogen) atoms. The first kappa shape index (κ1) is 36.3. The van der Waals surface area contributed by atoms with Gasteiger partial charge < -0.3 is 24.6 Å². The van der Waals surface area contributed by atoms with E-state index in [1.807, 2.05) is 78.9 Å². The molecule has 0 unspecified atom stereocenters. The van der Waals surface area contributed by atoms with E-state index >= 15 is 0 Å². The number of nitrogens with one attached hydrogen (secondary N) is 1. The summed E-state index contributed by atoms with van der Waals surface area (Å²) >= 11 is 0. The van der Waals surface area contributed by atoms with Crippen LogP contribution < -0.4 is 14.8 Å². The SMILES string of the molecule is COc1ccccc1CCNC(=O)[C@]1(CCS(=O)(=O)c2ccccc2)N=C(c2ccc(OCCCO)cc2)O[C@@H]1c1ccc(-c2ccccc2)cc1. The van der Waals surface area contributed by atoms with Crippen LogP contribution >= 0.6 is 0 Å². The molecule has 0 saturated heterocycles. The number of amides is 1. The van der Waals surface area contributed by atoms with Gasteiger partial charge in [-0.3, -0.25) is 4.79 Å². The fourth-order valence-corrected chi connectivity index (χ4v) is 7.65. The molecular formula is C42H42N2O7S. The summed E-state index contributed by atoms with van der Waals surface area (Å²) in [6.45, 7) is 0.651. The molecule has 0 fully saturated rings. The summed E-state index contributed by atoms with van der Waals surface area (Å²) in [6, 6.07) is 40.7. The number of carbonyl (C=O) groups is 1. The summed E-state index contributed by atoms with van der Waals surface area (Å²) in [4.78, 5) is 19.8. The predicted molar refractivity (Wildman–Crippen MR) is 201 cm³/mol. The number of aliphatic hydroxyl groups excluding tert-OH is 1. The maximum Gasteiger partial charge on any atom is 0.252 e. The van der Waals surface area contributed by atoms with Gasteiger partial charge in [-0.1, -0.05) is 91.0 Å². The van der Waals surface area contributed by atoms with Crippen LogP contribution in [0.3, 0.4) is 0 Å². The molecule has 1 heterocycles. The van der Waals surface area contributed by atoms with Crippen molar-refractivity contribution < 1.29 is 32.5 Å². The van der Waals surface area contributed by atoms with E-state index < -0.39 is 27.4 Å². The number of methoxy groups -OCH3 is 1. The summed E-state index contributed by atoms with van der Waals surface area (Å²) in [5, 5.41) is 12.2. The van der Waals surface area contributed by atoms with Gasteiger partial charge in [-0.15, -0.1) is 0 Å². The molecular weight excluding hydrogens is 677 g/mol. The van der Waals surface area contributed by atoms with E-state index in [-0.39, 0.29) is 36.1 Å². The van der Waals surface area contributed by atoms with Crippen molar-refractivity contribution in [3.05, 3.63) is 150 Å². The van der Waals surface area contributed by atoms with Gasteiger partial charge in [0.05, 0.1) is 24.4 Å². The van der Waals surface area contributed by atoms with Crippen molar-refractivity contribution in [2.24, 2.45) is 4.99 Å². The number of benzene rings is 5. The van der Waals surface area contributed by atoms with Crippen molar-refractivity contribution >= 4 is 21.6 Å². The van der Waals surface area contributed by atoms with Crippen LogP contribution in [0.4, 0.5) is 0 Å². The quantitative estimate of drug-likeness (QED) is 0.110. The Kier molecular flexibility index (Phi) is 11.7. The Hall–Kier alpha value is -5.45. The number of carbonyl (C=O) groups excluding carboxylic acids is 1. The van der Waals surface area contributed by atoms with Crippen LogP contribution in [0.25, 0.3) is 11.1 Å². The molecule has 6 rings (SSSR count). The predicted octanol–water partition coefficient (Wildman–Crippen LogP) is 6.60. The first-order valence-electron chi connectivity index (χ1n) is 17.3. The zero-order valence-corrected chi connectivity index (χ0v) is 29.8. The van der Waals surface area contributed by atoms with Gasteiger partial charge >= 0.3 is 0 Å². The van der Waals surface area contributed by atoms with Crippen LogP contribution in [0.1, 0.15) is 35.6 Å². The number of nitrogens with zero attached hydrogens (tertiary/aromatic N) is 1. The normalized spacial score (nSPS) is 16.8. The van der Waals surface area contributed by atoms with E-state index in [0.717, 1.165) is 16.7 Å². The fourth-order valence-electron chi connectivity index (χ4n) is 6.26. The Morgan fingerprint density at radius 1 is 0.827 bits per heavy atom. The average Bonchev–Trinajstić information content (AvgIpc) is 3.59. The fraction of sp³-hybridized carbons (Fsp3) is 0.238. The van der Waals surface area contributed by atoms with Crippen LogP contribution in [0.2, 0.25) is 0 Å². The maximum absolute atomic E-state index is 14.7. The summed E-state index contributed by atoms with van der Waals surface area (Å²) in [6.07, 6.45) is -0.0883. The van der Waals surface area contributed by atoms with Crippen LogP contribution in [0.15, 0.2) is 143 Å². The van der Waals surface area contributed by atoms with Crippen molar-refractivity contribution in [3.8, 4) is 22.6 Å². The van der Waals surface area contributed by atoms with Gasteiger partial charge in [0.2, 0.25) is 5.90 Å². The van der Waals surface area contributed by atoms with Crippen LogP contribution in [0, 0.1) is 0 Å². The topological polar surface area (TPSA) is 124 Å². The third-order valence-electron chi connectivity index (χ3n) is 9.08. The summed E-state index contributed by atoms with van der Waals surface area (Å²) in [5.41, 5.74) is 2.59. The molecule has 9 nitrogen and oxygen atoms in total. The van der Waals surface area contributed by atoms with E-state index in [4.69, 9.17) is 24.3 Å². The molecule has 0 aliphatic carbocycles. The third-order valence-corrected chi connectivity index (χ3v) is 10.8. The minimum absolute atomic E-state index is 0.0273. The van der Waals surface area contributed by atoms with Gasteiger partial charge in [-0.25, -0.2) is 13.4 Å². The molecule has 1 aliphatic heterocycles. The summed E-state index contributed by atoms with van der Waals surface area (Å²) in [5.74, 6) is 0.758. The molecule has 1 aliphatic rings. The maximum atomic E-state index is 14.7. The summed E-state index contributed by atoms with van der Waals surface area (Å²) in [7, 11) is -2.19. The Morgan fingerprint density at radius 2 is 1.46 bits per heavy atom. The van der Waals surface area contributed by atoms with E-state index in [1.165, 1.54) is 0 Å². The molecule has 0 radical (unpaired) electrons. The second kappa shape index (κ2) is 16.7. The van der Waals surface area contributed by atoms with Crippen molar-refractivity contribution in [2.45, 2.75) is 35.8 Å². The number of para-hydroxylation sites is 1. The number of aliphatic imine (C=N–C) groups is 1. The Balaban J connectivity index is 1.38. The summed E-state index contributed by atoms with van der Waals surface area (Å²) < 4.78 is 45.3. The molecule has 10 heteroatoms. The molecule has 268 valence electrons. The molecule has 2 atom stereocenters. The molecule has 1 amide bonds. The molecule has 5 aromatic rings. The van der Waals surface area contributed by atoms with Gasteiger partial charge in [-0.2, -0.15) is 0 Å². The molecule has 0 bridgehead atoms. The zero-order chi connectivity index (χ0) is 36.4. The Morgan fingerprint density at radius 3 is 2.15 bits per heavy atom. The highest BCUT2D eigenvalue weighted by Gasteiger charge is 2.53. The molecule has 0 saturated carbocycles. The first-order chi connectivity index (χ1) is 25.3. The van der Waals surface area contributed by atoms with Crippen LogP contribution in [-0.4, -0.2) is 63.5 Å². The highest BCUT2D eigenvalue weighted by molar-refractivity contribution is 7.91. The lowest BCUT2D eigenvalue weighted by molar-refractivity contribution is -0.129. The van der Waals surface area contributed by atoms with Crippen molar-refractivity contribution in [2.75, 3.05) is 32.6 Å². The highest BCUT2D eigenvalue weighted by atomic mass is 32.2. The number of hydrogen-bond acceptors (Lipinski definition) is 8. The van der Waals surface area contributed by atoms with Gasteiger partial charge in [0, 0.05) is 31.6 Å². The van der Waals surface area contributed by atoms with Crippen LogP contribution in [0.5, 0.6) is 11.5 Å². The number of aliphatic hydroxyl groups is 1. The third kappa shape index (κ3) is 8.36. The number of rotatable bonds is 16. The van der Waals surface area contributed by atoms with E-state index in [9.17, 15) is 13.2 Å². The monoisotopic (exact) mass is 718 g/mol. The minimum atomic E-state index is -3.79. The lowest BCUT2D eigenvalue weighted by Gasteiger charge is -2.31. The standard InChI is InChI=1S/C42H42N2O7S/c1-49-38-16-9-8-13-33(38)25-27-43-41(46)42(26-30-52(47,48)37-14-6-3-7-15-37)39(34-19-17-32(18-20-34)31-11-4-2-5-12-31)51-40(44-42)35-21-23-36(24-22-35)50-29-10-28-45/h2-9,11-24,39,45H,10,25-30H2,1H3,(H,43,46)/t39-,42-/m1/s1. The van der Waals surface area contributed by atoms with Crippen molar-refractivity contribution in [1.29, 1.82) is 0 Å². The van der Waals surface area contributed by atoms with Gasteiger partial charge in [-0.05, 0) is 71.1 Å². The van der Waals surface area contributed by atoms with Gasteiger partial charge in [0.15, 0.2) is 21.5 Å². The van der Waals surface area contributed by atoms with E-state index in [1.54, 1.807) is 61.7 Å². The van der Waals surface area contributed by atoms with Crippen molar-refractivity contribution in [1.82, 2.24) is 5.32 Å². The van der Waals surface area contributed by atoms with Crippen molar-refractivity contribution in [3.63, 3.8) is 0 Å². The smallest absolute Gasteiger partial charge is 0.252 e. The van der Waals surface area contributed by atoms with E-state index in [2.05, 4.69) is 5.32 Å². The zero-order valence-electron chi connectivity index (χ0n) is 29.0. The molecule has 0 spiro atoms. The number of hydrogen-bond donors (Lipinski definition) is 2. The molecule has 2 N–H and O–H groups in total. The molecule has 5 aromatic carbocycles. The molecule has 0 aromatic heterocycles. The average molecular weight is 719 g/mol. The second-order valence-corrected chi connectivity index (χ2v) is 14.6. The Bertz CT molecular complexity index is 2070. The van der Waals surface area contributed by atoms with Crippen LogP contribution in [-0.2, 0) is 25.8 Å². The first-order valence-corrected chi connectivity index (χ1v) is 18.9. The van der Waals surface area contributed by atoms with Gasteiger partial charge in [0.1, 0.15) is 11.5 Å². The lowest BCUT2D eigenvalue weighted by atomic mass is 9.84. The number of ether oxygens (including phenoxy) is 3.